The van der Waals surface area contributed by atoms with E-state index in [1.54, 1.807) is 0 Å². The van der Waals surface area contributed by atoms with Crippen LogP contribution in [0.3, 0.4) is 0 Å². The number of hydrogen-bond acceptors (Lipinski definition) is 0. The fourth-order valence-corrected chi connectivity index (χ4v) is 11.5. The molecule has 1 aromatic heterocycles. The van der Waals surface area contributed by atoms with E-state index in [-0.39, 0.29) is 0 Å². The summed E-state index contributed by atoms with van der Waals surface area (Å²) in [6, 6.07) is 103. The highest BCUT2D eigenvalue weighted by Crippen LogP contribution is 2.46. The highest BCUT2D eigenvalue weighted by Gasteiger charge is 2.21. The molecule has 0 spiro atoms. The van der Waals surface area contributed by atoms with E-state index < -0.39 is 0 Å². The van der Waals surface area contributed by atoms with E-state index >= 15 is 0 Å². The maximum Gasteiger partial charge on any atom is 0.0535 e. The molecule has 0 N–H and O–H groups in total. The molecule has 0 aliphatic rings. The molecule has 340 valence electrons. The topological polar surface area (TPSA) is 4.93 Å². The lowest BCUT2D eigenvalue weighted by Crippen LogP contribution is -1.92. The van der Waals surface area contributed by atoms with Crippen LogP contribution in [-0.2, 0) is 0 Å². The molecule has 0 fully saturated rings. The Kier molecular flexibility index (Phi) is 10.3. The Bertz CT molecular complexity index is 4390. The zero-order chi connectivity index (χ0) is 48.2. The third kappa shape index (κ3) is 7.41. The smallest absolute Gasteiger partial charge is 0.0535 e. The van der Waals surface area contributed by atoms with Gasteiger partial charge in [-0.15, -0.1) is 0 Å². The third-order valence-corrected chi connectivity index (χ3v) is 15.0. The Hall–Kier alpha value is -9.56. The van der Waals surface area contributed by atoms with E-state index in [9.17, 15) is 0 Å². The Morgan fingerprint density at radius 1 is 0.192 bits per heavy atom. The first-order valence-corrected chi connectivity index (χ1v) is 25.2. The number of benzene rings is 13. The van der Waals surface area contributed by atoms with Crippen LogP contribution in [0.5, 0.6) is 0 Å². The molecule has 0 unspecified atom stereocenters. The van der Waals surface area contributed by atoms with E-state index in [1.165, 1.54) is 126 Å². The predicted octanol–water partition coefficient (Wildman–Crippen LogP) is 19.9. The first-order valence-electron chi connectivity index (χ1n) is 25.2. The van der Waals surface area contributed by atoms with Crippen LogP contribution in [0.4, 0.5) is 0 Å². The summed E-state index contributed by atoms with van der Waals surface area (Å²) in [4.78, 5) is 0. The molecule has 1 heteroatoms. The van der Waals surface area contributed by atoms with Gasteiger partial charge >= 0.3 is 0 Å². The van der Waals surface area contributed by atoms with Gasteiger partial charge in [0.2, 0.25) is 0 Å². The third-order valence-electron chi connectivity index (χ3n) is 15.0. The van der Waals surface area contributed by atoms with Crippen LogP contribution in [0.1, 0.15) is 0 Å². The summed E-state index contributed by atoms with van der Waals surface area (Å²) >= 11 is 0. The van der Waals surface area contributed by atoms with Gasteiger partial charge in [-0.1, -0.05) is 231 Å². The van der Waals surface area contributed by atoms with Gasteiger partial charge in [-0.05, 0) is 164 Å². The van der Waals surface area contributed by atoms with Crippen molar-refractivity contribution in [2.24, 2.45) is 0 Å². The van der Waals surface area contributed by atoms with Crippen molar-refractivity contribution in [3.63, 3.8) is 0 Å². The van der Waals surface area contributed by atoms with Crippen molar-refractivity contribution in [1.82, 2.24) is 4.57 Å². The molecule has 0 aliphatic carbocycles. The van der Waals surface area contributed by atoms with Crippen molar-refractivity contribution in [3.8, 4) is 83.6 Å². The van der Waals surface area contributed by atoms with E-state index in [2.05, 4.69) is 290 Å². The summed E-state index contributed by atoms with van der Waals surface area (Å²) in [5.41, 5.74) is 19.0. The number of aromatic nitrogens is 1. The lowest BCUT2D eigenvalue weighted by atomic mass is 9.87. The minimum Gasteiger partial charge on any atom is -0.316 e. The van der Waals surface area contributed by atoms with Gasteiger partial charge in [0.1, 0.15) is 0 Å². The van der Waals surface area contributed by atoms with Crippen molar-refractivity contribution in [3.05, 3.63) is 285 Å². The van der Waals surface area contributed by atoms with Crippen LogP contribution in [0.25, 0.3) is 138 Å². The molecule has 0 bridgehead atoms. The standard InChI is InChI=1S/C72H47N/c1-4-18-48(19-5-1)49-32-37-57(38-33-49)73-47-71(65-40-35-56(45-67(65)51-22-8-3-9-23-51)69-43-53-25-11-13-27-59(53)62-29-15-17-31-64(62)69)70-46-54(36-41-72(70)73)60-39-34-55(44-66(60)50-20-6-2-7-21-50)68-42-52-24-10-12-26-58(52)61-28-14-16-30-63(61)68/h1-47H. The minimum atomic E-state index is 1.11. The zero-order valence-electron chi connectivity index (χ0n) is 40.1. The SMILES string of the molecule is c1ccc(-c2ccc(-n3cc(-c4ccc(-c5cc6ccccc6c6ccccc56)cc4-c4ccccc4)c4cc(-c5ccc(-c6cc7ccccc7c7ccccc67)cc5-c5ccccc5)ccc43)cc2)cc1. The van der Waals surface area contributed by atoms with E-state index in [0.717, 1.165) is 11.2 Å². The molecule has 73 heavy (non-hydrogen) atoms. The number of nitrogens with zero attached hydrogens (tertiary/aromatic N) is 1. The van der Waals surface area contributed by atoms with Gasteiger partial charge in [0, 0.05) is 22.8 Å². The summed E-state index contributed by atoms with van der Waals surface area (Å²) in [5, 5.41) is 11.3. The molecule has 0 aliphatic heterocycles. The Labute approximate surface area is 425 Å². The van der Waals surface area contributed by atoms with Crippen molar-refractivity contribution in [2.45, 2.75) is 0 Å². The van der Waals surface area contributed by atoms with Crippen molar-refractivity contribution in [2.75, 3.05) is 0 Å². The zero-order valence-corrected chi connectivity index (χ0v) is 40.1. The lowest BCUT2D eigenvalue weighted by molar-refractivity contribution is 1.13. The molecule has 0 saturated carbocycles. The minimum absolute atomic E-state index is 1.11. The van der Waals surface area contributed by atoms with Crippen LogP contribution in [0.15, 0.2) is 285 Å². The number of fused-ring (bicyclic) bond motifs is 7. The molecule has 13 aromatic carbocycles. The predicted molar refractivity (Wildman–Crippen MR) is 311 cm³/mol. The molecular formula is C72H47N. The van der Waals surface area contributed by atoms with Gasteiger partial charge in [0.25, 0.3) is 0 Å². The van der Waals surface area contributed by atoms with Gasteiger partial charge in [-0.3, -0.25) is 0 Å². The second-order valence-electron chi connectivity index (χ2n) is 19.2. The Balaban J connectivity index is 0.989. The van der Waals surface area contributed by atoms with Crippen LogP contribution in [-0.4, -0.2) is 4.57 Å². The molecule has 0 radical (unpaired) electrons. The van der Waals surface area contributed by atoms with Crippen LogP contribution in [0, 0.1) is 0 Å². The summed E-state index contributed by atoms with van der Waals surface area (Å²) in [5.74, 6) is 0. The lowest BCUT2D eigenvalue weighted by Gasteiger charge is -2.16. The van der Waals surface area contributed by atoms with Gasteiger partial charge in [-0.25, -0.2) is 0 Å². The van der Waals surface area contributed by atoms with Gasteiger partial charge in [0.15, 0.2) is 0 Å². The second-order valence-corrected chi connectivity index (χ2v) is 19.2. The Morgan fingerprint density at radius 3 is 1.14 bits per heavy atom. The van der Waals surface area contributed by atoms with E-state index in [0.29, 0.717) is 0 Å². The quantitative estimate of drug-likeness (QED) is 0.134. The van der Waals surface area contributed by atoms with Crippen molar-refractivity contribution >= 4 is 54.0 Å². The van der Waals surface area contributed by atoms with E-state index in [1.807, 2.05) is 0 Å². The number of rotatable bonds is 8. The van der Waals surface area contributed by atoms with Gasteiger partial charge in [-0.2, -0.15) is 0 Å². The normalized spacial score (nSPS) is 11.6. The van der Waals surface area contributed by atoms with Crippen molar-refractivity contribution in [1.29, 1.82) is 0 Å². The maximum absolute atomic E-state index is 2.44. The van der Waals surface area contributed by atoms with Crippen molar-refractivity contribution < 1.29 is 0 Å². The molecule has 14 aromatic rings. The Morgan fingerprint density at radius 2 is 0.589 bits per heavy atom. The largest absolute Gasteiger partial charge is 0.316 e. The van der Waals surface area contributed by atoms with Gasteiger partial charge < -0.3 is 4.57 Å². The molecule has 0 atom stereocenters. The maximum atomic E-state index is 2.44. The summed E-state index contributed by atoms with van der Waals surface area (Å²) in [6.07, 6.45) is 2.37. The molecular weight excluding hydrogens is 879 g/mol. The molecule has 1 heterocycles. The van der Waals surface area contributed by atoms with Crippen LogP contribution in [0.2, 0.25) is 0 Å². The van der Waals surface area contributed by atoms with Gasteiger partial charge in [0.05, 0.1) is 5.52 Å². The highest BCUT2D eigenvalue weighted by molar-refractivity contribution is 6.16. The fourth-order valence-electron chi connectivity index (χ4n) is 11.5. The number of hydrogen-bond donors (Lipinski definition) is 0. The summed E-state index contributed by atoms with van der Waals surface area (Å²) < 4.78 is 2.38. The molecule has 1 nitrogen and oxygen atoms in total. The highest BCUT2D eigenvalue weighted by atomic mass is 15.0. The first-order chi connectivity index (χ1) is 36.2. The van der Waals surface area contributed by atoms with Crippen LogP contribution >= 0.6 is 0 Å². The monoisotopic (exact) mass is 925 g/mol. The average molecular weight is 926 g/mol. The molecule has 14 rings (SSSR count). The molecule has 0 amide bonds. The first kappa shape index (κ1) is 42.3. The van der Waals surface area contributed by atoms with Crippen LogP contribution < -0.4 is 0 Å². The second kappa shape index (κ2) is 17.7. The van der Waals surface area contributed by atoms with E-state index in [4.69, 9.17) is 0 Å². The summed E-state index contributed by atoms with van der Waals surface area (Å²) in [7, 11) is 0. The average Bonchev–Trinajstić information content (AvgIpc) is 3.86. The summed E-state index contributed by atoms with van der Waals surface area (Å²) in [6.45, 7) is 0. The molecule has 0 saturated heterocycles. The fraction of sp³-hybridized carbons (Fsp3) is 0.